The van der Waals surface area contributed by atoms with Crippen molar-refractivity contribution >= 4 is 47.1 Å². The molecular formula is C57H68N6O13. The molecule has 3 aromatic carbocycles. The van der Waals surface area contributed by atoms with Crippen molar-refractivity contribution in [2.24, 2.45) is 5.92 Å². The Hall–Kier alpha value is -7.74. The van der Waals surface area contributed by atoms with Crippen LogP contribution in [-0.2, 0) is 32.2 Å². The zero-order valence-corrected chi connectivity index (χ0v) is 44.2. The third-order valence-corrected chi connectivity index (χ3v) is 13.5. The first kappa shape index (κ1) is 56.0. The van der Waals surface area contributed by atoms with Crippen LogP contribution in [0.5, 0.6) is 17.2 Å². The maximum Gasteiger partial charge on any atom is 0.416 e. The van der Waals surface area contributed by atoms with Gasteiger partial charge in [0, 0.05) is 37.5 Å². The fourth-order valence-corrected chi connectivity index (χ4v) is 9.59. The van der Waals surface area contributed by atoms with Gasteiger partial charge in [-0.25, -0.2) is 19.4 Å². The Bertz CT molecular complexity index is 2840. The zero-order chi connectivity index (χ0) is 55.0. The molecule has 19 heteroatoms. The molecule has 0 radical (unpaired) electrons. The Morgan fingerprint density at radius 3 is 1.82 bits per heavy atom. The second-order valence-electron chi connectivity index (χ2n) is 19.3. The fraction of sp³-hybridized carbons (Fsp3) is 0.404. The molecule has 0 fully saturated rings. The second-order valence-corrected chi connectivity index (χ2v) is 19.3. The highest BCUT2D eigenvalue weighted by Crippen LogP contribution is 2.43. The highest BCUT2D eigenvalue weighted by molar-refractivity contribution is 6.07. The molecule has 7 rings (SSSR count). The number of aliphatic hydroxyl groups excluding tert-OH is 2. The van der Waals surface area contributed by atoms with Crippen LogP contribution in [0.2, 0.25) is 0 Å². The van der Waals surface area contributed by atoms with E-state index in [1.807, 2.05) is 64.1 Å². The molecule has 4 aliphatic rings. The van der Waals surface area contributed by atoms with Crippen molar-refractivity contribution < 1.29 is 62.7 Å². The van der Waals surface area contributed by atoms with Gasteiger partial charge in [-0.2, -0.15) is 0 Å². The summed E-state index contributed by atoms with van der Waals surface area (Å²) in [6.07, 6.45) is 8.16. The Morgan fingerprint density at radius 1 is 0.763 bits per heavy atom. The summed E-state index contributed by atoms with van der Waals surface area (Å²) in [5.41, 5.74) is 4.07. The molecule has 0 bridgehead atoms. The van der Waals surface area contributed by atoms with Crippen LogP contribution in [0.3, 0.4) is 0 Å². The lowest BCUT2D eigenvalue weighted by molar-refractivity contribution is -0.128. The molecule has 0 spiro atoms. The third kappa shape index (κ3) is 12.2. The summed E-state index contributed by atoms with van der Waals surface area (Å²) in [6, 6.07) is 10.5. The number of nitrogens with zero attached hydrogens (tertiary/aromatic N) is 4. The molecule has 0 saturated carbocycles. The van der Waals surface area contributed by atoms with Gasteiger partial charge in [-0.3, -0.25) is 19.2 Å². The number of nitrogens with one attached hydrogen (secondary N) is 2. The number of aryl methyl sites for hydroxylation is 1. The van der Waals surface area contributed by atoms with Crippen LogP contribution >= 0.6 is 0 Å². The van der Waals surface area contributed by atoms with Gasteiger partial charge in [-0.1, -0.05) is 75.1 Å². The molecule has 0 saturated heterocycles. The third-order valence-electron chi connectivity index (χ3n) is 13.5. The summed E-state index contributed by atoms with van der Waals surface area (Å²) in [5.74, 6) is -0.634. The molecule has 6 atom stereocenters. The predicted molar refractivity (Wildman–Crippen MR) is 284 cm³/mol. The molecule has 4 aliphatic heterocycles. The lowest BCUT2D eigenvalue weighted by atomic mass is 10.0. The summed E-state index contributed by atoms with van der Waals surface area (Å²) in [6.45, 7) is 16.2. The van der Waals surface area contributed by atoms with Gasteiger partial charge in [0.15, 0.2) is 29.7 Å². The number of carbonyl (C=O) groups is 6. The van der Waals surface area contributed by atoms with E-state index in [4.69, 9.17) is 23.7 Å². The van der Waals surface area contributed by atoms with E-state index in [0.717, 1.165) is 26.5 Å². The topological polar surface area (TPSA) is 226 Å². The number of benzene rings is 3. The van der Waals surface area contributed by atoms with Gasteiger partial charge in [0.2, 0.25) is 5.91 Å². The largest absolute Gasteiger partial charge is 0.493 e. The van der Waals surface area contributed by atoms with Gasteiger partial charge in [0.1, 0.15) is 19.0 Å². The normalized spacial score (nSPS) is 19.7. The SMILES string of the molecule is C=CCOC(=O)N1c2cc(OCCCOc3cc4c(cc3OC)C(=O)N3C=C(/C=C/C)C[C@H]3[C@H](O)N4C(=O)OCc3ccc(CN[C@@H](C)C(=O)N[C@H](C(C)=O)C(C)C)cc3)c(C)cc2C(=O)N2C=C(/C=C/C)C[C@H]2[C@@H]1O. The van der Waals surface area contributed by atoms with E-state index in [2.05, 4.69) is 17.2 Å². The Labute approximate surface area is 443 Å². The predicted octanol–water partition coefficient (Wildman–Crippen LogP) is 7.34. The average Bonchev–Trinajstić information content (AvgIpc) is 4.01. The first-order valence-electron chi connectivity index (χ1n) is 25.4. The number of rotatable bonds is 20. The lowest BCUT2D eigenvalue weighted by Crippen LogP contribution is -2.50. The number of carbonyl (C=O) groups excluding carboxylic acids is 6. The number of Topliss-reactive ketones (excluding diaryl/α,β-unsaturated/α-hetero) is 1. The minimum Gasteiger partial charge on any atom is -0.493 e. The molecule has 404 valence electrons. The molecular weight excluding hydrogens is 977 g/mol. The van der Waals surface area contributed by atoms with Gasteiger partial charge in [0.25, 0.3) is 11.8 Å². The van der Waals surface area contributed by atoms with E-state index in [0.29, 0.717) is 36.3 Å². The van der Waals surface area contributed by atoms with Crippen LogP contribution in [-0.4, -0.2) is 119 Å². The van der Waals surface area contributed by atoms with E-state index in [1.165, 1.54) is 48.1 Å². The van der Waals surface area contributed by atoms with Crippen LogP contribution in [0.4, 0.5) is 21.0 Å². The van der Waals surface area contributed by atoms with Gasteiger partial charge >= 0.3 is 12.2 Å². The van der Waals surface area contributed by atoms with E-state index in [9.17, 15) is 39.0 Å². The molecule has 0 unspecified atom stereocenters. The van der Waals surface area contributed by atoms with Crippen molar-refractivity contribution in [1.82, 2.24) is 20.4 Å². The summed E-state index contributed by atoms with van der Waals surface area (Å²) < 4.78 is 29.4. The van der Waals surface area contributed by atoms with Crippen molar-refractivity contribution in [3.8, 4) is 17.2 Å². The Balaban J connectivity index is 1.06. The number of aliphatic hydroxyl groups is 2. The quantitative estimate of drug-likeness (QED) is 0.0642. The number of allylic oxidation sites excluding steroid dienone is 4. The highest BCUT2D eigenvalue weighted by atomic mass is 16.6. The van der Waals surface area contributed by atoms with E-state index >= 15 is 0 Å². The van der Waals surface area contributed by atoms with Crippen molar-refractivity contribution in [3.63, 3.8) is 0 Å². The van der Waals surface area contributed by atoms with Gasteiger partial charge in [0.05, 0.1) is 67.0 Å². The minimum atomic E-state index is -1.55. The second kappa shape index (κ2) is 24.7. The molecule has 3 aromatic rings. The minimum absolute atomic E-state index is 0.0371. The fourth-order valence-electron chi connectivity index (χ4n) is 9.59. The number of anilines is 2. The molecule has 0 aromatic heterocycles. The number of ketones is 1. The summed E-state index contributed by atoms with van der Waals surface area (Å²) >= 11 is 0. The number of methoxy groups -OCH3 is 1. The van der Waals surface area contributed by atoms with Crippen molar-refractivity contribution in [2.75, 3.05) is 36.7 Å². The number of amides is 5. The molecule has 76 heavy (non-hydrogen) atoms. The molecule has 19 nitrogen and oxygen atoms in total. The number of hydrogen-bond donors (Lipinski definition) is 4. The van der Waals surface area contributed by atoms with Crippen LogP contribution in [0.15, 0.2) is 109 Å². The first-order chi connectivity index (χ1) is 36.4. The average molecular weight is 1050 g/mol. The summed E-state index contributed by atoms with van der Waals surface area (Å²) in [4.78, 5) is 86.0. The maximum atomic E-state index is 14.3. The van der Waals surface area contributed by atoms with Gasteiger partial charge in [-0.15, -0.1) is 0 Å². The lowest BCUT2D eigenvalue weighted by Gasteiger charge is -2.31. The van der Waals surface area contributed by atoms with Gasteiger partial charge < -0.3 is 54.3 Å². The number of hydrogen-bond acceptors (Lipinski definition) is 14. The van der Waals surface area contributed by atoms with E-state index < -0.39 is 60.6 Å². The Morgan fingerprint density at radius 2 is 1.29 bits per heavy atom. The number of fused-ring (bicyclic) bond motifs is 4. The zero-order valence-electron chi connectivity index (χ0n) is 44.2. The van der Waals surface area contributed by atoms with Crippen LogP contribution < -0.4 is 34.6 Å². The maximum absolute atomic E-state index is 14.3. The molecule has 4 N–H and O–H groups in total. The van der Waals surface area contributed by atoms with Gasteiger partial charge in [-0.05, 0) is 93.3 Å². The standard InChI is InChI=1S/C57H68N6O13/c1-10-14-39-24-45-54(68)62(56(70)75-20-12-3)43-27-47(34(6)23-41(43)52(66)60(45)30-39)73-21-13-22-74-49-28-44-42(26-48(49)72-9)53(67)61-31-40(15-11-2)25-46(61)55(69)63(44)57(71)76-32-38-18-16-37(17-19-38)29-58-35(7)51(65)59-50(33(4)5)36(8)64/h10-12,14-19,23,26-28,30-31,33,35,45-46,50,54-55,58,68-69H,3,13,20-22,24-25,29,32H2,1-2,4-9H3,(H,59,65)/b14-10+,15-11+/t35-,45-,46-,50-,54-,55-/m0/s1. The smallest absolute Gasteiger partial charge is 0.416 e. The molecule has 4 heterocycles. The van der Waals surface area contributed by atoms with Crippen LogP contribution in [0, 0.1) is 12.8 Å². The van der Waals surface area contributed by atoms with Crippen molar-refractivity contribution in [2.45, 2.75) is 118 Å². The summed E-state index contributed by atoms with van der Waals surface area (Å²) in [7, 11) is 1.42. The summed E-state index contributed by atoms with van der Waals surface area (Å²) in [5, 5.41) is 29.7. The van der Waals surface area contributed by atoms with E-state index in [-0.39, 0.29) is 84.5 Å². The van der Waals surface area contributed by atoms with Crippen LogP contribution in [0.25, 0.3) is 0 Å². The highest BCUT2D eigenvalue weighted by Gasteiger charge is 2.47. The van der Waals surface area contributed by atoms with Crippen LogP contribution in [0.1, 0.15) is 98.2 Å². The van der Waals surface area contributed by atoms with Crippen molar-refractivity contribution in [1.29, 1.82) is 0 Å². The Kier molecular flexibility index (Phi) is 18.2. The first-order valence-corrected chi connectivity index (χ1v) is 25.4. The molecule has 5 amide bonds. The van der Waals surface area contributed by atoms with Crippen molar-refractivity contribution in [3.05, 3.63) is 137 Å². The monoisotopic (exact) mass is 1040 g/mol. The molecule has 0 aliphatic carbocycles. The number of ether oxygens (including phenoxy) is 5. The van der Waals surface area contributed by atoms with E-state index in [1.54, 1.807) is 44.4 Å².